The number of hydrogen-bond donors (Lipinski definition) is 2. The molecule has 6 heteroatoms. The average Bonchev–Trinajstić information content (AvgIpc) is 3.18. The van der Waals surface area contributed by atoms with E-state index in [1.807, 2.05) is 65.4 Å². The molecule has 1 saturated heterocycles. The monoisotopic (exact) mass is 364 g/mol. The number of aromatic nitrogens is 1. The summed E-state index contributed by atoms with van der Waals surface area (Å²) in [5.41, 5.74) is 2.73. The molecule has 26 heavy (non-hydrogen) atoms. The molecule has 1 aromatic heterocycles. The van der Waals surface area contributed by atoms with Crippen molar-refractivity contribution in [1.82, 2.24) is 9.88 Å². The van der Waals surface area contributed by atoms with Crippen LogP contribution in [0.3, 0.4) is 0 Å². The lowest BCUT2D eigenvalue weighted by molar-refractivity contribution is -0.115. The van der Waals surface area contributed by atoms with Gasteiger partial charge in [0.15, 0.2) is 0 Å². The minimum atomic E-state index is -0.585. The normalized spacial score (nSPS) is 17.0. The van der Waals surface area contributed by atoms with E-state index in [0.717, 1.165) is 33.8 Å². The van der Waals surface area contributed by atoms with E-state index in [9.17, 15) is 14.7 Å². The van der Waals surface area contributed by atoms with Gasteiger partial charge in [0.25, 0.3) is 11.1 Å². The Kier molecular flexibility index (Phi) is 4.36. The molecule has 1 unspecified atom stereocenters. The lowest BCUT2D eigenvalue weighted by Crippen LogP contribution is -2.17. The van der Waals surface area contributed by atoms with Crippen molar-refractivity contribution in [3.8, 4) is 0 Å². The van der Waals surface area contributed by atoms with Gasteiger partial charge in [-0.05, 0) is 47.2 Å². The number of carbonyl (C=O) groups excluding carboxylic acids is 2. The Labute approximate surface area is 154 Å². The molecule has 0 radical (unpaired) electrons. The van der Waals surface area contributed by atoms with Crippen molar-refractivity contribution < 1.29 is 14.7 Å². The SMILES string of the molecule is O=C1NC(=O)/C(=C\c2ccc3c(ccn3CC(O)c3ccccc3)c2)S1. The minimum absolute atomic E-state index is 0.344. The highest BCUT2D eigenvalue weighted by molar-refractivity contribution is 8.18. The van der Waals surface area contributed by atoms with Crippen LogP contribution in [-0.2, 0) is 11.3 Å². The van der Waals surface area contributed by atoms with Gasteiger partial charge in [-0.3, -0.25) is 14.9 Å². The van der Waals surface area contributed by atoms with Gasteiger partial charge in [-0.1, -0.05) is 36.4 Å². The zero-order valence-corrected chi connectivity index (χ0v) is 14.6. The van der Waals surface area contributed by atoms with Crippen LogP contribution in [0.15, 0.2) is 65.7 Å². The molecule has 1 atom stereocenters. The van der Waals surface area contributed by atoms with Gasteiger partial charge in [0.1, 0.15) is 0 Å². The van der Waals surface area contributed by atoms with Crippen LogP contribution in [0.2, 0.25) is 0 Å². The zero-order chi connectivity index (χ0) is 18.1. The van der Waals surface area contributed by atoms with Crippen molar-refractivity contribution in [3.63, 3.8) is 0 Å². The van der Waals surface area contributed by atoms with E-state index in [-0.39, 0.29) is 11.1 Å². The second-order valence-corrected chi connectivity index (χ2v) is 7.08. The fourth-order valence-corrected chi connectivity index (χ4v) is 3.69. The molecule has 0 aliphatic carbocycles. The minimum Gasteiger partial charge on any atom is -0.387 e. The molecule has 3 aromatic rings. The first kappa shape index (κ1) is 16.6. The third-order valence-corrected chi connectivity index (χ3v) is 5.10. The summed E-state index contributed by atoms with van der Waals surface area (Å²) in [5.74, 6) is -0.358. The molecule has 0 saturated carbocycles. The van der Waals surface area contributed by atoms with Crippen LogP contribution in [-0.4, -0.2) is 20.8 Å². The topological polar surface area (TPSA) is 71.3 Å². The van der Waals surface area contributed by atoms with E-state index >= 15 is 0 Å². The van der Waals surface area contributed by atoms with Crippen molar-refractivity contribution in [1.29, 1.82) is 0 Å². The molecular weight excluding hydrogens is 348 g/mol. The summed E-state index contributed by atoms with van der Waals surface area (Å²) in [6.45, 7) is 0.459. The third kappa shape index (κ3) is 3.29. The number of imide groups is 1. The summed E-state index contributed by atoms with van der Waals surface area (Å²) < 4.78 is 2.00. The van der Waals surface area contributed by atoms with E-state index in [1.165, 1.54) is 0 Å². The molecule has 1 fully saturated rings. The van der Waals surface area contributed by atoms with E-state index < -0.39 is 6.10 Å². The van der Waals surface area contributed by atoms with Crippen LogP contribution in [0.5, 0.6) is 0 Å². The van der Waals surface area contributed by atoms with Gasteiger partial charge < -0.3 is 9.67 Å². The molecule has 130 valence electrons. The Morgan fingerprint density at radius 1 is 1.12 bits per heavy atom. The van der Waals surface area contributed by atoms with Crippen LogP contribution >= 0.6 is 11.8 Å². The Balaban J connectivity index is 1.59. The maximum absolute atomic E-state index is 11.7. The summed E-state index contributed by atoms with van der Waals surface area (Å²) in [7, 11) is 0. The summed E-state index contributed by atoms with van der Waals surface area (Å²) in [6.07, 6.45) is 3.06. The number of aliphatic hydroxyl groups excluding tert-OH is 1. The van der Waals surface area contributed by atoms with Gasteiger partial charge >= 0.3 is 0 Å². The maximum Gasteiger partial charge on any atom is 0.290 e. The Morgan fingerprint density at radius 2 is 1.92 bits per heavy atom. The number of aliphatic hydroxyl groups is 1. The van der Waals surface area contributed by atoms with E-state index in [0.29, 0.717) is 11.4 Å². The quantitative estimate of drug-likeness (QED) is 0.693. The van der Waals surface area contributed by atoms with E-state index in [4.69, 9.17) is 0 Å². The third-order valence-electron chi connectivity index (χ3n) is 4.29. The number of hydrogen-bond acceptors (Lipinski definition) is 4. The molecule has 1 aliphatic rings. The number of benzene rings is 2. The van der Waals surface area contributed by atoms with Gasteiger partial charge in [-0.2, -0.15) is 0 Å². The van der Waals surface area contributed by atoms with Crippen molar-refractivity contribution >= 4 is 39.9 Å². The fourth-order valence-electron chi connectivity index (χ4n) is 3.01. The standard InChI is InChI=1S/C20H16N2O3S/c23-17(14-4-2-1-3-5-14)12-22-9-8-15-10-13(6-7-16(15)22)11-18-19(24)21-20(25)26-18/h1-11,17,23H,12H2,(H,21,24,25)/b18-11+. The maximum atomic E-state index is 11.7. The lowest BCUT2D eigenvalue weighted by atomic mass is 10.1. The van der Waals surface area contributed by atoms with Crippen molar-refractivity contribution in [2.45, 2.75) is 12.6 Å². The number of amides is 2. The fraction of sp³-hybridized carbons (Fsp3) is 0.100. The van der Waals surface area contributed by atoms with Gasteiger partial charge in [0.05, 0.1) is 17.6 Å². The predicted molar refractivity (Wildman–Crippen MR) is 102 cm³/mol. The first-order valence-corrected chi connectivity index (χ1v) is 8.98. The van der Waals surface area contributed by atoms with E-state index in [2.05, 4.69) is 5.32 Å². The highest BCUT2D eigenvalue weighted by atomic mass is 32.2. The van der Waals surface area contributed by atoms with Gasteiger partial charge in [0.2, 0.25) is 0 Å². The molecule has 5 nitrogen and oxygen atoms in total. The van der Waals surface area contributed by atoms with Crippen molar-refractivity contribution in [3.05, 3.63) is 76.8 Å². The highest BCUT2D eigenvalue weighted by Crippen LogP contribution is 2.27. The number of rotatable bonds is 4. The molecule has 2 N–H and O–H groups in total. The summed E-state index contributed by atoms with van der Waals surface area (Å²) in [4.78, 5) is 23.3. The number of nitrogens with one attached hydrogen (secondary N) is 1. The lowest BCUT2D eigenvalue weighted by Gasteiger charge is -2.13. The largest absolute Gasteiger partial charge is 0.387 e. The molecule has 1 aliphatic heterocycles. The molecule has 2 heterocycles. The van der Waals surface area contributed by atoms with Crippen LogP contribution < -0.4 is 5.32 Å². The molecule has 4 rings (SSSR count). The number of thioether (sulfide) groups is 1. The van der Waals surface area contributed by atoms with Crippen molar-refractivity contribution in [2.24, 2.45) is 0 Å². The van der Waals surface area contributed by atoms with E-state index in [1.54, 1.807) is 6.08 Å². The second-order valence-electron chi connectivity index (χ2n) is 6.07. The van der Waals surface area contributed by atoms with Gasteiger partial charge in [-0.15, -0.1) is 0 Å². The van der Waals surface area contributed by atoms with Crippen LogP contribution in [0, 0.1) is 0 Å². The van der Waals surface area contributed by atoms with Crippen LogP contribution in [0.4, 0.5) is 4.79 Å². The van der Waals surface area contributed by atoms with Gasteiger partial charge in [0, 0.05) is 17.1 Å². The predicted octanol–water partition coefficient (Wildman–Crippen LogP) is 3.70. The van der Waals surface area contributed by atoms with Crippen LogP contribution in [0.1, 0.15) is 17.2 Å². The Hall–Kier alpha value is -2.83. The first-order valence-electron chi connectivity index (χ1n) is 8.17. The molecule has 0 spiro atoms. The molecular formula is C20H16N2O3S. The summed E-state index contributed by atoms with van der Waals surface area (Å²) in [5, 5.41) is 13.4. The number of fused-ring (bicyclic) bond motifs is 1. The Morgan fingerprint density at radius 3 is 2.65 bits per heavy atom. The van der Waals surface area contributed by atoms with Gasteiger partial charge in [-0.25, -0.2) is 0 Å². The van der Waals surface area contributed by atoms with Crippen molar-refractivity contribution in [2.75, 3.05) is 0 Å². The molecule has 2 aromatic carbocycles. The summed E-state index contributed by atoms with van der Waals surface area (Å²) in [6, 6.07) is 17.4. The second kappa shape index (κ2) is 6.82. The average molecular weight is 364 g/mol. The Bertz CT molecular complexity index is 1020. The zero-order valence-electron chi connectivity index (χ0n) is 13.8. The van der Waals surface area contributed by atoms with Crippen LogP contribution in [0.25, 0.3) is 17.0 Å². The highest BCUT2D eigenvalue weighted by Gasteiger charge is 2.24. The number of carbonyl (C=O) groups is 2. The smallest absolute Gasteiger partial charge is 0.290 e. The summed E-state index contributed by atoms with van der Waals surface area (Å²) >= 11 is 0.908. The molecule has 0 bridgehead atoms. The first-order chi connectivity index (χ1) is 12.6. The number of nitrogens with zero attached hydrogens (tertiary/aromatic N) is 1. The molecule has 2 amide bonds.